The average Bonchev–Trinajstić information content (AvgIpc) is 3.77. The van der Waals surface area contributed by atoms with Crippen molar-refractivity contribution in [3.8, 4) is 10.0 Å². The van der Waals surface area contributed by atoms with Crippen LogP contribution in [0.4, 0.5) is 0 Å². The molecule has 210 valence electrons. The fraction of sp³-hybridized carbons (Fsp3) is 0.263. The van der Waals surface area contributed by atoms with Gasteiger partial charge in [0.1, 0.15) is 0 Å². The molecule has 4 aromatic heterocycles. The van der Waals surface area contributed by atoms with E-state index >= 15 is 0 Å². The maximum atomic E-state index is 2.54. The number of hydrogen-bond acceptors (Lipinski definition) is 2. The first-order valence-electron chi connectivity index (χ1n) is 15.5. The van der Waals surface area contributed by atoms with E-state index in [0.717, 1.165) is 0 Å². The Kier molecular flexibility index (Phi) is 7.65. The standard InChI is InChI=1S/C38H34S2Se2/c1-2-3-4-5-6-7-8-12-15-27-16-25-17-28-30-20-33-31(21-32(30)39-34(28)22-37(25)41-27)29-18-26-19-36(24-13-10-9-11-14-24)42-38(26)23-35(29)40-33/h9-11,13-14,16-23H,2-8,12,15H2,1H3. The number of fused-ring (bicyclic) bond motifs is 8. The molecule has 0 spiro atoms. The molecule has 0 bridgehead atoms. The Labute approximate surface area is 267 Å². The topological polar surface area (TPSA) is 0 Å². The molecule has 0 amide bonds. The first kappa shape index (κ1) is 27.4. The van der Waals surface area contributed by atoms with Crippen molar-refractivity contribution in [1.82, 2.24) is 0 Å². The molecule has 0 aliphatic carbocycles. The molecule has 0 saturated carbocycles. The fourth-order valence-corrected chi connectivity index (χ4v) is 13.8. The van der Waals surface area contributed by atoms with Gasteiger partial charge in [-0.25, -0.2) is 0 Å². The van der Waals surface area contributed by atoms with Crippen LogP contribution in [-0.2, 0) is 6.42 Å². The monoisotopic (exact) mass is 714 g/mol. The van der Waals surface area contributed by atoms with Crippen LogP contribution in [0.25, 0.3) is 69.6 Å². The summed E-state index contributed by atoms with van der Waals surface area (Å²) in [4.78, 5) is 0. The van der Waals surface area contributed by atoms with Crippen molar-refractivity contribution in [2.45, 2.75) is 64.7 Å². The summed E-state index contributed by atoms with van der Waals surface area (Å²) >= 11 is 4.85. The van der Waals surface area contributed by atoms with E-state index in [9.17, 15) is 0 Å². The summed E-state index contributed by atoms with van der Waals surface area (Å²) in [7, 11) is 0. The Morgan fingerprint density at radius 2 is 1.07 bits per heavy atom. The van der Waals surface area contributed by atoms with Crippen molar-refractivity contribution in [1.29, 1.82) is 0 Å². The predicted molar refractivity (Wildman–Crippen MR) is 193 cm³/mol. The molecule has 0 aliphatic heterocycles. The summed E-state index contributed by atoms with van der Waals surface area (Å²) in [6.07, 6.45) is 12.5. The van der Waals surface area contributed by atoms with E-state index in [1.807, 2.05) is 22.7 Å². The Hall–Kier alpha value is -2.16. The second-order valence-electron chi connectivity index (χ2n) is 11.7. The second-order valence-corrected chi connectivity index (χ2v) is 18.6. The minimum atomic E-state index is 0.375. The Morgan fingerprint density at radius 1 is 0.524 bits per heavy atom. The minimum absolute atomic E-state index is 0.375. The molecule has 0 unspecified atom stereocenters. The van der Waals surface area contributed by atoms with Crippen molar-refractivity contribution >= 4 is 111 Å². The van der Waals surface area contributed by atoms with Gasteiger partial charge in [-0.1, -0.05) is 0 Å². The summed E-state index contributed by atoms with van der Waals surface area (Å²) < 4.78 is 12.1. The SMILES string of the molecule is CCCCCCCCCCc1cc2cc3c(cc2[se]1)sc1cc2c(cc13)sc1cc3[se]c(-c4ccccc4)cc3cc12. The molecule has 0 aliphatic rings. The van der Waals surface area contributed by atoms with E-state index in [-0.39, 0.29) is 0 Å². The third-order valence-electron chi connectivity index (χ3n) is 8.73. The van der Waals surface area contributed by atoms with Crippen molar-refractivity contribution in [3.05, 3.63) is 83.3 Å². The zero-order valence-electron chi connectivity index (χ0n) is 24.0. The second kappa shape index (κ2) is 11.7. The molecule has 0 fully saturated rings. The fourth-order valence-electron chi connectivity index (χ4n) is 6.47. The van der Waals surface area contributed by atoms with E-state index in [4.69, 9.17) is 0 Å². The summed E-state index contributed by atoms with van der Waals surface area (Å²) in [6.45, 7) is 2.30. The summed E-state index contributed by atoms with van der Waals surface area (Å²) in [5.41, 5.74) is 1.37. The molecule has 4 heteroatoms. The van der Waals surface area contributed by atoms with Crippen LogP contribution in [0.5, 0.6) is 0 Å². The number of thiophene rings is 2. The van der Waals surface area contributed by atoms with Gasteiger partial charge in [-0.3, -0.25) is 0 Å². The molecule has 0 radical (unpaired) electrons. The van der Waals surface area contributed by atoms with Crippen molar-refractivity contribution in [3.63, 3.8) is 0 Å². The summed E-state index contributed by atoms with van der Waals surface area (Å²) in [5.74, 6) is 0. The van der Waals surface area contributed by atoms with Crippen LogP contribution in [-0.4, -0.2) is 29.0 Å². The average molecular weight is 713 g/mol. The van der Waals surface area contributed by atoms with E-state index in [2.05, 4.69) is 85.8 Å². The summed E-state index contributed by atoms with van der Waals surface area (Å²) in [6, 6.07) is 30.9. The van der Waals surface area contributed by atoms with Gasteiger partial charge in [-0.05, 0) is 0 Å². The van der Waals surface area contributed by atoms with Crippen LogP contribution in [0, 0.1) is 0 Å². The van der Waals surface area contributed by atoms with Crippen LogP contribution >= 0.6 is 22.7 Å². The van der Waals surface area contributed by atoms with E-state index < -0.39 is 0 Å². The van der Waals surface area contributed by atoms with Gasteiger partial charge in [0, 0.05) is 0 Å². The third kappa shape index (κ3) is 5.15. The van der Waals surface area contributed by atoms with Crippen LogP contribution in [0.3, 0.4) is 0 Å². The summed E-state index contributed by atoms with van der Waals surface area (Å²) in [5, 5.41) is 8.66. The molecule has 8 rings (SSSR count). The van der Waals surface area contributed by atoms with Crippen LogP contribution in [0.2, 0.25) is 0 Å². The number of rotatable bonds is 10. The molecule has 0 nitrogen and oxygen atoms in total. The molecule has 0 saturated heterocycles. The molecule has 42 heavy (non-hydrogen) atoms. The van der Waals surface area contributed by atoms with Gasteiger partial charge in [-0.15, -0.1) is 0 Å². The number of benzene rings is 4. The molecule has 8 aromatic rings. The third-order valence-corrected chi connectivity index (χ3v) is 15.8. The van der Waals surface area contributed by atoms with Crippen LogP contribution in [0.15, 0.2) is 78.9 Å². The first-order valence-corrected chi connectivity index (χ1v) is 20.5. The van der Waals surface area contributed by atoms with Gasteiger partial charge in [0.15, 0.2) is 0 Å². The molecule has 4 aromatic carbocycles. The normalized spacial score (nSPS) is 12.3. The molecule has 4 heterocycles. The zero-order valence-corrected chi connectivity index (χ0v) is 29.1. The van der Waals surface area contributed by atoms with Gasteiger partial charge >= 0.3 is 269 Å². The van der Waals surface area contributed by atoms with E-state index in [1.54, 1.807) is 8.70 Å². The maximum absolute atomic E-state index is 2.54. The Bertz CT molecular complexity index is 2190. The van der Waals surface area contributed by atoms with E-state index in [1.165, 1.54) is 123 Å². The Balaban J connectivity index is 1.09. The predicted octanol–water partition coefficient (Wildman–Crippen LogP) is 12.2. The number of unbranched alkanes of at least 4 members (excludes halogenated alkanes) is 7. The van der Waals surface area contributed by atoms with Gasteiger partial charge in [0.2, 0.25) is 0 Å². The van der Waals surface area contributed by atoms with Crippen molar-refractivity contribution < 1.29 is 0 Å². The van der Waals surface area contributed by atoms with Crippen LogP contribution < -0.4 is 0 Å². The van der Waals surface area contributed by atoms with Crippen LogP contribution in [0.1, 0.15) is 62.7 Å². The quantitative estimate of drug-likeness (QED) is 0.0978. The molecular weight excluding hydrogens is 678 g/mol. The van der Waals surface area contributed by atoms with E-state index in [0.29, 0.717) is 29.0 Å². The molecule has 0 N–H and O–H groups in total. The van der Waals surface area contributed by atoms with Gasteiger partial charge in [-0.2, -0.15) is 0 Å². The number of aryl methyl sites for hydroxylation is 1. The van der Waals surface area contributed by atoms with Gasteiger partial charge in [0.05, 0.1) is 0 Å². The first-order chi connectivity index (χ1) is 20.7. The Morgan fingerprint density at radius 3 is 1.74 bits per heavy atom. The van der Waals surface area contributed by atoms with Gasteiger partial charge < -0.3 is 0 Å². The number of hydrogen-bond donors (Lipinski definition) is 0. The zero-order chi connectivity index (χ0) is 28.0. The van der Waals surface area contributed by atoms with Crippen molar-refractivity contribution in [2.75, 3.05) is 0 Å². The van der Waals surface area contributed by atoms with Crippen molar-refractivity contribution in [2.24, 2.45) is 0 Å². The molecular formula is C38H34S2Se2. The molecule has 0 atom stereocenters. The van der Waals surface area contributed by atoms with Gasteiger partial charge in [0.25, 0.3) is 0 Å².